The van der Waals surface area contributed by atoms with E-state index in [2.05, 4.69) is 0 Å². The van der Waals surface area contributed by atoms with E-state index in [4.69, 9.17) is 0 Å². The van der Waals surface area contributed by atoms with Crippen molar-refractivity contribution in [3.8, 4) is 0 Å². The summed E-state index contributed by atoms with van der Waals surface area (Å²) in [6, 6.07) is -0.266. The van der Waals surface area contributed by atoms with Crippen LogP contribution in [0.15, 0.2) is 0 Å². The molecule has 0 radical (unpaired) electrons. The first-order valence-corrected chi connectivity index (χ1v) is 7.44. The van der Waals surface area contributed by atoms with Gasteiger partial charge >= 0.3 is 0 Å². The maximum atomic E-state index is 10.9. The second kappa shape index (κ2) is 9.43. The molecule has 0 spiro atoms. The van der Waals surface area contributed by atoms with Crippen LogP contribution >= 0.6 is 0 Å². The Kier molecular flexibility index (Phi) is 8.02. The fourth-order valence-corrected chi connectivity index (χ4v) is 2.71. The van der Waals surface area contributed by atoms with Crippen molar-refractivity contribution < 1.29 is 4.92 Å². The van der Waals surface area contributed by atoms with E-state index in [9.17, 15) is 10.1 Å². The van der Waals surface area contributed by atoms with Crippen LogP contribution in [0, 0.1) is 10.1 Å². The lowest BCUT2D eigenvalue weighted by Gasteiger charge is -2.10. The highest BCUT2D eigenvalue weighted by Crippen LogP contribution is 2.18. The minimum absolute atomic E-state index is 0.0497. The highest BCUT2D eigenvalue weighted by Gasteiger charge is 2.18. The van der Waals surface area contributed by atoms with Gasteiger partial charge in [-0.2, -0.15) is 0 Å². The molecule has 1 aliphatic carbocycles. The van der Waals surface area contributed by atoms with E-state index in [1.165, 1.54) is 57.8 Å². The molecule has 0 aromatic heterocycles. The van der Waals surface area contributed by atoms with Gasteiger partial charge in [0.1, 0.15) is 0 Å². The number of rotatable bonds is 1. The average Bonchev–Trinajstić information content (AvgIpc) is 2.31. The Morgan fingerprint density at radius 3 is 1.24 bits per heavy atom. The third kappa shape index (κ3) is 7.35. The van der Waals surface area contributed by atoms with Crippen molar-refractivity contribution >= 4 is 0 Å². The standard InChI is InChI=1S/C14H27NO2/c16-15(17)14-12-10-8-6-4-2-1-3-5-7-9-11-13-14/h14H,1-13H2. The Hall–Kier alpha value is -0.600. The van der Waals surface area contributed by atoms with Crippen molar-refractivity contribution in [1.82, 2.24) is 0 Å². The van der Waals surface area contributed by atoms with Gasteiger partial charge in [0.05, 0.1) is 0 Å². The quantitative estimate of drug-likeness (QED) is 0.492. The van der Waals surface area contributed by atoms with E-state index in [0.717, 1.165) is 25.7 Å². The number of hydrogen-bond acceptors (Lipinski definition) is 2. The molecule has 0 N–H and O–H groups in total. The molecule has 0 saturated heterocycles. The van der Waals surface area contributed by atoms with Gasteiger partial charge in [-0.25, -0.2) is 0 Å². The molecule has 0 amide bonds. The summed E-state index contributed by atoms with van der Waals surface area (Å²) in [6.07, 6.45) is 15.3. The predicted molar refractivity (Wildman–Crippen MR) is 70.8 cm³/mol. The van der Waals surface area contributed by atoms with Crippen LogP contribution in [0.1, 0.15) is 83.5 Å². The van der Waals surface area contributed by atoms with Gasteiger partial charge in [0, 0.05) is 17.8 Å². The zero-order valence-electron chi connectivity index (χ0n) is 11.0. The highest BCUT2D eigenvalue weighted by molar-refractivity contribution is 4.59. The maximum Gasteiger partial charge on any atom is 0.213 e. The van der Waals surface area contributed by atoms with Crippen LogP contribution in [-0.4, -0.2) is 11.0 Å². The molecular weight excluding hydrogens is 214 g/mol. The molecule has 1 saturated carbocycles. The summed E-state index contributed by atoms with van der Waals surface area (Å²) >= 11 is 0. The molecule has 3 nitrogen and oxygen atoms in total. The maximum absolute atomic E-state index is 10.9. The lowest BCUT2D eigenvalue weighted by Crippen LogP contribution is -2.19. The van der Waals surface area contributed by atoms with Gasteiger partial charge in [-0.05, 0) is 12.8 Å². The number of nitro groups is 1. The Balaban J connectivity index is 2.26. The predicted octanol–water partition coefficient (Wildman–Crippen LogP) is 4.72. The first-order chi connectivity index (χ1) is 8.30. The molecule has 1 fully saturated rings. The molecule has 0 aromatic rings. The van der Waals surface area contributed by atoms with E-state index >= 15 is 0 Å². The van der Waals surface area contributed by atoms with Gasteiger partial charge in [-0.3, -0.25) is 10.1 Å². The summed E-state index contributed by atoms with van der Waals surface area (Å²) in [6.45, 7) is 0. The van der Waals surface area contributed by atoms with Gasteiger partial charge in [0.25, 0.3) is 0 Å². The van der Waals surface area contributed by atoms with Crippen molar-refractivity contribution in [2.45, 2.75) is 89.5 Å². The Labute approximate surface area is 105 Å². The van der Waals surface area contributed by atoms with Crippen LogP contribution in [0.3, 0.4) is 0 Å². The molecule has 3 heteroatoms. The molecule has 100 valence electrons. The number of hydrogen-bond donors (Lipinski definition) is 0. The molecule has 0 unspecified atom stereocenters. The minimum atomic E-state index is -0.266. The number of nitrogens with zero attached hydrogens (tertiary/aromatic N) is 1. The lowest BCUT2D eigenvalue weighted by atomic mass is 9.99. The normalized spacial score (nSPS) is 22.8. The third-order valence-electron chi connectivity index (χ3n) is 3.87. The van der Waals surface area contributed by atoms with E-state index < -0.39 is 0 Å². The van der Waals surface area contributed by atoms with E-state index in [0.29, 0.717) is 0 Å². The first-order valence-electron chi connectivity index (χ1n) is 7.44. The summed E-state index contributed by atoms with van der Waals surface area (Å²) in [4.78, 5) is 10.9. The molecule has 0 atom stereocenters. The molecule has 0 aromatic carbocycles. The smallest absolute Gasteiger partial charge is 0.213 e. The van der Waals surface area contributed by atoms with Crippen molar-refractivity contribution in [2.24, 2.45) is 0 Å². The summed E-state index contributed by atoms with van der Waals surface area (Å²) < 4.78 is 0. The average molecular weight is 241 g/mol. The molecular formula is C14H27NO2. The highest BCUT2D eigenvalue weighted by atomic mass is 16.6. The third-order valence-corrected chi connectivity index (χ3v) is 3.87. The largest absolute Gasteiger partial charge is 0.264 e. The van der Waals surface area contributed by atoms with Gasteiger partial charge in [-0.1, -0.05) is 57.8 Å². The fraction of sp³-hybridized carbons (Fsp3) is 1.00. The van der Waals surface area contributed by atoms with Crippen molar-refractivity contribution in [3.63, 3.8) is 0 Å². The molecule has 0 heterocycles. The SMILES string of the molecule is O=[N+]([O-])C1CCCCCCCCCCCCC1. The van der Waals surface area contributed by atoms with Gasteiger partial charge in [-0.15, -0.1) is 0 Å². The summed E-state index contributed by atoms with van der Waals surface area (Å²) in [5.41, 5.74) is 0. The van der Waals surface area contributed by atoms with Crippen molar-refractivity contribution in [3.05, 3.63) is 10.1 Å². The monoisotopic (exact) mass is 241 g/mol. The fourth-order valence-electron chi connectivity index (χ4n) is 2.71. The van der Waals surface area contributed by atoms with Crippen LogP contribution in [0.2, 0.25) is 0 Å². The van der Waals surface area contributed by atoms with Crippen molar-refractivity contribution in [2.75, 3.05) is 0 Å². The summed E-state index contributed by atoms with van der Waals surface area (Å²) in [7, 11) is 0. The van der Waals surface area contributed by atoms with Gasteiger partial charge < -0.3 is 0 Å². The Morgan fingerprint density at radius 2 is 0.941 bits per heavy atom. The minimum Gasteiger partial charge on any atom is -0.264 e. The van der Waals surface area contributed by atoms with Crippen LogP contribution in [0.4, 0.5) is 0 Å². The van der Waals surface area contributed by atoms with E-state index in [1.807, 2.05) is 0 Å². The zero-order chi connectivity index (χ0) is 12.3. The van der Waals surface area contributed by atoms with E-state index in [1.54, 1.807) is 0 Å². The van der Waals surface area contributed by atoms with E-state index in [-0.39, 0.29) is 11.0 Å². The Bertz CT molecular complexity index is 192. The van der Waals surface area contributed by atoms with Gasteiger partial charge in [0.15, 0.2) is 0 Å². The second-order valence-corrected chi connectivity index (χ2v) is 5.41. The molecule has 0 bridgehead atoms. The van der Waals surface area contributed by atoms with Crippen LogP contribution in [-0.2, 0) is 0 Å². The molecule has 1 rings (SSSR count). The molecule has 17 heavy (non-hydrogen) atoms. The topological polar surface area (TPSA) is 43.1 Å². The first kappa shape index (κ1) is 14.5. The molecule has 1 aliphatic rings. The van der Waals surface area contributed by atoms with Crippen LogP contribution in [0.25, 0.3) is 0 Å². The Morgan fingerprint density at radius 1 is 0.647 bits per heavy atom. The van der Waals surface area contributed by atoms with Crippen LogP contribution < -0.4 is 0 Å². The molecule has 0 aliphatic heterocycles. The van der Waals surface area contributed by atoms with Gasteiger partial charge in [0.2, 0.25) is 6.04 Å². The second-order valence-electron chi connectivity index (χ2n) is 5.41. The summed E-state index contributed by atoms with van der Waals surface area (Å²) in [5.74, 6) is 0. The van der Waals surface area contributed by atoms with Crippen molar-refractivity contribution in [1.29, 1.82) is 0 Å². The summed E-state index contributed by atoms with van der Waals surface area (Å²) in [5, 5.41) is 10.9. The zero-order valence-corrected chi connectivity index (χ0v) is 11.0. The lowest BCUT2D eigenvalue weighted by molar-refractivity contribution is -0.524. The van der Waals surface area contributed by atoms with Crippen LogP contribution in [0.5, 0.6) is 0 Å².